The smallest absolute Gasteiger partial charge is 0.151 e. The zero-order chi connectivity index (χ0) is 15.4. The molecular weight excluding hydrogens is 291 g/mol. The summed E-state index contributed by atoms with van der Waals surface area (Å²) in [4.78, 5) is 0. The van der Waals surface area contributed by atoms with E-state index in [-0.39, 0.29) is 5.75 Å². The number of rotatable bonds is 4. The van der Waals surface area contributed by atoms with Crippen molar-refractivity contribution >= 4 is 17.8 Å². The van der Waals surface area contributed by atoms with Crippen molar-refractivity contribution in [2.75, 3.05) is 0 Å². The highest BCUT2D eigenvalue weighted by Crippen LogP contribution is 2.48. The standard InChI is InChI=1S/C19H17O2P/c20-18-13-7-8-14-19(18)22(21,17-11-5-2-6-12-17)15-16-9-3-1-4-10-16/h1-14,20H,15H2. The van der Waals surface area contributed by atoms with E-state index in [1.54, 1.807) is 18.2 Å². The summed E-state index contributed by atoms with van der Waals surface area (Å²) >= 11 is 0. The van der Waals surface area contributed by atoms with Crippen molar-refractivity contribution < 1.29 is 9.67 Å². The quantitative estimate of drug-likeness (QED) is 0.742. The maximum atomic E-state index is 13.8. The lowest BCUT2D eigenvalue weighted by molar-refractivity contribution is 0.479. The molecule has 0 bridgehead atoms. The largest absolute Gasteiger partial charge is 0.507 e. The molecule has 3 rings (SSSR count). The number of phenols is 1. The SMILES string of the molecule is O=P(Cc1ccccc1)(c1ccccc1)c1ccccc1O. The third kappa shape index (κ3) is 2.84. The molecule has 1 atom stereocenters. The maximum absolute atomic E-state index is 13.8. The van der Waals surface area contributed by atoms with Gasteiger partial charge in [-0.3, -0.25) is 0 Å². The highest BCUT2D eigenvalue weighted by molar-refractivity contribution is 7.78. The predicted octanol–water partition coefficient (Wildman–Crippen LogP) is 3.91. The molecule has 3 aromatic carbocycles. The zero-order valence-electron chi connectivity index (χ0n) is 12.1. The molecule has 3 aromatic rings. The van der Waals surface area contributed by atoms with Gasteiger partial charge in [-0.1, -0.05) is 72.8 Å². The van der Waals surface area contributed by atoms with Gasteiger partial charge < -0.3 is 9.67 Å². The van der Waals surface area contributed by atoms with E-state index in [4.69, 9.17) is 0 Å². The summed E-state index contributed by atoms with van der Waals surface area (Å²) in [5, 5.41) is 11.5. The number of para-hydroxylation sites is 1. The second-order valence-electron chi connectivity index (χ2n) is 5.21. The summed E-state index contributed by atoms with van der Waals surface area (Å²) < 4.78 is 13.8. The second-order valence-corrected chi connectivity index (χ2v) is 8.00. The van der Waals surface area contributed by atoms with E-state index in [1.807, 2.05) is 66.7 Å². The fourth-order valence-electron chi connectivity index (χ4n) is 2.59. The molecule has 0 heterocycles. The molecule has 1 N–H and O–H groups in total. The van der Waals surface area contributed by atoms with E-state index in [1.165, 1.54) is 0 Å². The van der Waals surface area contributed by atoms with Crippen LogP contribution in [0.1, 0.15) is 5.56 Å². The first kappa shape index (κ1) is 14.6. The Morgan fingerprint density at radius 1 is 0.727 bits per heavy atom. The lowest BCUT2D eigenvalue weighted by Gasteiger charge is -2.20. The second kappa shape index (κ2) is 6.21. The maximum Gasteiger partial charge on any atom is 0.151 e. The molecular formula is C19H17O2P. The van der Waals surface area contributed by atoms with E-state index in [9.17, 15) is 9.67 Å². The molecule has 0 saturated carbocycles. The minimum atomic E-state index is -2.93. The van der Waals surface area contributed by atoms with Crippen molar-refractivity contribution in [2.45, 2.75) is 6.16 Å². The third-order valence-corrected chi connectivity index (χ3v) is 6.79. The molecule has 0 radical (unpaired) electrons. The van der Waals surface area contributed by atoms with Gasteiger partial charge in [-0.2, -0.15) is 0 Å². The Hall–Kier alpha value is -2.31. The Morgan fingerprint density at radius 3 is 1.91 bits per heavy atom. The molecule has 0 saturated heterocycles. The first-order chi connectivity index (χ1) is 10.7. The van der Waals surface area contributed by atoms with Crippen LogP contribution in [0.15, 0.2) is 84.9 Å². The molecule has 2 nitrogen and oxygen atoms in total. The first-order valence-electron chi connectivity index (χ1n) is 7.17. The lowest BCUT2D eigenvalue weighted by atomic mass is 10.2. The summed E-state index contributed by atoms with van der Waals surface area (Å²) in [5.74, 6) is 0.0885. The Morgan fingerprint density at radius 2 is 1.27 bits per heavy atom. The van der Waals surface area contributed by atoms with E-state index in [0.717, 1.165) is 10.9 Å². The van der Waals surface area contributed by atoms with Crippen LogP contribution in [-0.2, 0) is 10.7 Å². The fraction of sp³-hybridized carbons (Fsp3) is 0.0526. The van der Waals surface area contributed by atoms with E-state index < -0.39 is 7.14 Å². The molecule has 22 heavy (non-hydrogen) atoms. The van der Waals surface area contributed by atoms with Gasteiger partial charge in [0.25, 0.3) is 0 Å². The lowest BCUT2D eigenvalue weighted by Crippen LogP contribution is -2.18. The van der Waals surface area contributed by atoms with Gasteiger partial charge in [-0.15, -0.1) is 0 Å². The van der Waals surface area contributed by atoms with Crippen molar-refractivity contribution in [1.29, 1.82) is 0 Å². The molecule has 0 spiro atoms. The Balaban J connectivity index is 2.15. The van der Waals surface area contributed by atoms with Crippen LogP contribution < -0.4 is 10.6 Å². The van der Waals surface area contributed by atoms with Gasteiger partial charge in [0.2, 0.25) is 0 Å². The first-order valence-corrected chi connectivity index (χ1v) is 9.06. The third-order valence-electron chi connectivity index (χ3n) is 3.69. The number of phenolic OH excluding ortho intramolecular Hbond substituents is 1. The van der Waals surface area contributed by atoms with Gasteiger partial charge in [0.15, 0.2) is 7.14 Å². The predicted molar refractivity (Wildman–Crippen MR) is 91.6 cm³/mol. The van der Waals surface area contributed by atoms with Gasteiger partial charge in [0.1, 0.15) is 5.75 Å². The van der Waals surface area contributed by atoms with Crippen LogP contribution in [0.3, 0.4) is 0 Å². The summed E-state index contributed by atoms with van der Waals surface area (Å²) in [7, 11) is -2.93. The molecule has 0 aromatic heterocycles. The van der Waals surface area contributed by atoms with Gasteiger partial charge in [-0.05, 0) is 17.7 Å². The Labute approximate surface area is 130 Å². The van der Waals surface area contributed by atoms with Crippen LogP contribution in [0, 0.1) is 0 Å². The normalized spacial score (nSPS) is 13.5. The van der Waals surface area contributed by atoms with Crippen LogP contribution in [0.2, 0.25) is 0 Å². The number of hydrogen-bond donors (Lipinski definition) is 1. The molecule has 0 aliphatic heterocycles. The van der Waals surface area contributed by atoms with E-state index >= 15 is 0 Å². The van der Waals surface area contributed by atoms with Crippen LogP contribution in [0.4, 0.5) is 0 Å². The van der Waals surface area contributed by atoms with Gasteiger partial charge in [-0.25, -0.2) is 0 Å². The van der Waals surface area contributed by atoms with Crippen molar-refractivity contribution in [3.05, 3.63) is 90.5 Å². The highest BCUT2D eigenvalue weighted by atomic mass is 31.2. The monoisotopic (exact) mass is 308 g/mol. The average Bonchev–Trinajstić information content (AvgIpc) is 2.57. The fourth-order valence-corrected chi connectivity index (χ4v) is 5.38. The minimum absolute atomic E-state index is 0.0885. The van der Waals surface area contributed by atoms with Gasteiger partial charge in [0.05, 0.1) is 5.30 Å². The summed E-state index contributed by atoms with van der Waals surface area (Å²) in [6, 6.07) is 26.1. The number of hydrogen-bond acceptors (Lipinski definition) is 2. The van der Waals surface area contributed by atoms with E-state index in [2.05, 4.69) is 0 Å². The van der Waals surface area contributed by atoms with Gasteiger partial charge >= 0.3 is 0 Å². The topological polar surface area (TPSA) is 37.3 Å². The van der Waals surface area contributed by atoms with E-state index in [0.29, 0.717) is 11.5 Å². The van der Waals surface area contributed by atoms with Crippen LogP contribution in [0.5, 0.6) is 5.75 Å². The summed E-state index contributed by atoms with van der Waals surface area (Å²) in [5.41, 5.74) is 0.998. The van der Waals surface area contributed by atoms with Crippen molar-refractivity contribution in [3.8, 4) is 5.75 Å². The van der Waals surface area contributed by atoms with Crippen molar-refractivity contribution in [3.63, 3.8) is 0 Å². The van der Waals surface area contributed by atoms with Crippen LogP contribution in [-0.4, -0.2) is 5.11 Å². The molecule has 0 aliphatic carbocycles. The molecule has 0 amide bonds. The van der Waals surface area contributed by atoms with Crippen LogP contribution in [0.25, 0.3) is 0 Å². The Kier molecular flexibility index (Phi) is 4.13. The molecule has 0 aliphatic rings. The van der Waals surface area contributed by atoms with Gasteiger partial charge in [0, 0.05) is 11.5 Å². The minimum Gasteiger partial charge on any atom is -0.507 e. The zero-order valence-corrected chi connectivity index (χ0v) is 13.0. The summed E-state index contributed by atoms with van der Waals surface area (Å²) in [6.45, 7) is 0. The van der Waals surface area contributed by atoms with Crippen molar-refractivity contribution in [1.82, 2.24) is 0 Å². The molecule has 1 unspecified atom stereocenters. The average molecular weight is 308 g/mol. The molecule has 110 valence electrons. The van der Waals surface area contributed by atoms with Crippen LogP contribution >= 0.6 is 7.14 Å². The molecule has 0 fully saturated rings. The Bertz CT molecular complexity index is 798. The number of benzene rings is 3. The number of aromatic hydroxyl groups is 1. The molecule has 3 heteroatoms. The van der Waals surface area contributed by atoms with Crippen molar-refractivity contribution in [2.24, 2.45) is 0 Å². The summed E-state index contributed by atoms with van der Waals surface area (Å²) in [6.07, 6.45) is 0.398. The highest BCUT2D eigenvalue weighted by Gasteiger charge is 2.29.